The van der Waals surface area contributed by atoms with Gasteiger partial charge in [0.1, 0.15) is 6.04 Å². The molecule has 5 heteroatoms. The lowest BCUT2D eigenvalue weighted by Gasteiger charge is -2.14. The number of carbonyl (C=O) groups is 1. The molecule has 1 rings (SSSR count). The molecule has 1 heterocycles. The van der Waals surface area contributed by atoms with E-state index in [4.69, 9.17) is 5.11 Å². The number of carboxylic acid groups (broad SMARTS) is 1. The molecule has 1 atom stereocenters. The highest BCUT2D eigenvalue weighted by Gasteiger charge is 2.17. The third kappa shape index (κ3) is 4.44. The molecule has 0 saturated heterocycles. The summed E-state index contributed by atoms with van der Waals surface area (Å²) in [4.78, 5) is 17.8. The quantitative estimate of drug-likeness (QED) is 0.648. The number of H-pyrrole nitrogens is 1. The monoisotopic (exact) mass is 225 g/mol. The van der Waals surface area contributed by atoms with Gasteiger partial charge in [-0.05, 0) is 18.9 Å². The van der Waals surface area contributed by atoms with Gasteiger partial charge in [-0.2, -0.15) is 0 Å². The second-order valence-electron chi connectivity index (χ2n) is 4.29. The number of aliphatic carboxylic acids is 1. The molecule has 0 bridgehead atoms. The third-order valence-electron chi connectivity index (χ3n) is 2.38. The molecular formula is C11H19N3O2. The van der Waals surface area contributed by atoms with Crippen molar-refractivity contribution in [3.63, 3.8) is 0 Å². The highest BCUT2D eigenvalue weighted by molar-refractivity contribution is 5.73. The molecule has 0 fully saturated rings. The molecule has 0 spiro atoms. The zero-order chi connectivity index (χ0) is 12.0. The van der Waals surface area contributed by atoms with Gasteiger partial charge in [-0.1, -0.05) is 13.8 Å². The number of nitrogens with zero attached hydrogens (tertiary/aromatic N) is 1. The highest BCUT2D eigenvalue weighted by atomic mass is 16.4. The number of aromatic amines is 1. The first-order chi connectivity index (χ1) is 7.59. The summed E-state index contributed by atoms with van der Waals surface area (Å²) in [5, 5.41) is 12.1. The minimum Gasteiger partial charge on any atom is -0.480 e. The van der Waals surface area contributed by atoms with Gasteiger partial charge in [-0.3, -0.25) is 4.79 Å². The summed E-state index contributed by atoms with van der Waals surface area (Å²) in [6, 6.07) is -0.554. The Morgan fingerprint density at radius 2 is 2.38 bits per heavy atom. The van der Waals surface area contributed by atoms with E-state index in [1.807, 2.05) is 0 Å². The second-order valence-corrected chi connectivity index (χ2v) is 4.29. The van der Waals surface area contributed by atoms with Crippen LogP contribution in [0.4, 0.5) is 0 Å². The predicted octanol–water partition coefficient (Wildman–Crippen LogP) is 1.04. The number of nitrogens with one attached hydrogen (secondary N) is 2. The van der Waals surface area contributed by atoms with Crippen molar-refractivity contribution in [2.24, 2.45) is 5.92 Å². The summed E-state index contributed by atoms with van der Waals surface area (Å²) in [5.74, 6) is -0.251. The Morgan fingerprint density at radius 3 is 2.88 bits per heavy atom. The van der Waals surface area contributed by atoms with E-state index >= 15 is 0 Å². The van der Waals surface area contributed by atoms with E-state index in [0.717, 1.165) is 18.7 Å². The molecule has 0 aliphatic carbocycles. The maximum absolute atomic E-state index is 11.0. The Morgan fingerprint density at radius 1 is 1.62 bits per heavy atom. The van der Waals surface area contributed by atoms with Crippen molar-refractivity contribution in [2.75, 3.05) is 6.54 Å². The van der Waals surface area contributed by atoms with Crippen molar-refractivity contribution in [2.45, 2.75) is 32.7 Å². The van der Waals surface area contributed by atoms with Gasteiger partial charge in [-0.15, -0.1) is 0 Å². The van der Waals surface area contributed by atoms with Crippen LogP contribution in [0.3, 0.4) is 0 Å². The van der Waals surface area contributed by atoms with Crippen LogP contribution in [0.5, 0.6) is 0 Å². The summed E-state index contributed by atoms with van der Waals surface area (Å²) in [6.45, 7) is 4.95. The second kappa shape index (κ2) is 6.27. The van der Waals surface area contributed by atoms with Crippen LogP contribution in [-0.4, -0.2) is 33.6 Å². The third-order valence-corrected chi connectivity index (χ3v) is 2.38. The molecule has 0 radical (unpaired) electrons. The Labute approximate surface area is 95.3 Å². The molecule has 5 nitrogen and oxygen atoms in total. The number of rotatable bonds is 7. The number of hydrogen-bond acceptors (Lipinski definition) is 3. The first-order valence-corrected chi connectivity index (χ1v) is 5.53. The van der Waals surface area contributed by atoms with Gasteiger partial charge < -0.3 is 15.4 Å². The highest BCUT2D eigenvalue weighted by Crippen LogP contribution is 2.01. The molecule has 90 valence electrons. The van der Waals surface area contributed by atoms with Crippen LogP contribution in [0, 0.1) is 5.92 Å². The van der Waals surface area contributed by atoms with Crippen LogP contribution >= 0.6 is 0 Å². The number of carboxylic acids is 1. The lowest BCUT2D eigenvalue weighted by molar-refractivity contribution is -0.139. The standard InChI is InChI=1S/C11H19N3O2/c1-8(2)3-4-13-10(11(15)16)5-9-6-12-7-14-9/h6-8,10,13H,3-5H2,1-2H3,(H,12,14)(H,15,16)/t10-/m0/s1. The van der Waals surface area contributed by atoms with Crippen LogP contribution < -0.4 is 5.32 Å². The maximum Gasteiger partial charge on any atom is 0.321 e. The van der Waals surface area contributed by atoms with E-state index in [-0.39, 0.29) is 0 Å². The average molecular weight is 225 g/mol. The van der Waals surface area contributed by atoms with Crippen LogP contribution in [0.25, 0.3) is 0 Å². The summed E-state index contributed by atoms with van der Waals surface area (Å²) in [7, 11) is 0. The molecule has 16 heavy (non-hydrogen) atoms. The van der Waals surface area contributed by atoms with Gasteiger partial charge in [-0.25, -0.2) is 4.98 Å². The smallest absolute Gasteiger partial charge is 0.321 e. The van der Waals surface area contributed by atoms with E-state index in [2.05, 4.69) is 29.1 Å². The van der Waals surface area contributed by atoms with Gasteiger partial charge in [0.15, 0.2) is 0 Å². The van der Waals surface area contributed by atoms with E-state index < -0.39 is 12.0 Å². The Kier molecular flexibility index (Phi) is 4.98. The van der Waals surface area contributed by atoms with Crippen molar-refractivity contribution in [1.29, 1.82) is 0 Å². The molecule has 0 aliphatic rings. The van der Waals surface area contributed by atoms with E-state index in [1.54, 1.807) is 12.5 Å². The molecular weight excluding hydrogens is 206 g/mol. The molecule has 0 aliphatic heterocycles. The molecule has 3 N–H and O–H groups in total. The molecule has 1 aromatic rings. The van der Waals surface area contributed by atoms with E-state index in [0.29, 0.717) is 12.3 Å². The van der Waals surface area contributed by atoms with Gasteiger partial charge in [0.2, 0.25) is 0 Å². The summed E-state index contributed by atoms with van der Waals surface area (Å²) >= 11 is 0. The summed E-state index contributed by atoms with van der Waals surface area (Å²) in [6.07, 6.45) is 4.67. The Hall–Kier alpha value is -1.36. The molecule has 0 unspecified atom stereocenters. The van der Waals surface area contributed by atoms with Crippen molar-refractivity contribution >= 4 is 5.97 Å². The number of hydrogen-bond donors (Lipinski definition) is 3. The van der Waals surface area contributed by atoms with Crippen molar-refractivity contribution in [1.82, 2.24) is 15.3 Å². The minimum atomic E-state index is -0.827. The topological polar surface area (TPSA) is 78.0 Å². The lowest BCUT2D eigenvalue weighted by atomic mass is 10.1. The first-order valence-electron chi connectivity index (χ1n) is 5.53. The van der Waals surface area contributed by atoms with Crippen LogP contribution in [0.1, 0.15) is 26.0 Å². The van der Waals surface area contributed by atoms with Crippen LogP contribution in [-0.2, 0) is 11.2 Å². The van der Waals surface area contributed by atoms with Gasteiger partial charge >= 0.3 is 5.97 Å². The van der Waals surface area contributed by atoms with Crippen molar-refractivity contribution in [3.8, 4) is 0 Å². The molecule has 0 saturated carbocycles. The van der Waals surface area contributed by atoms with Crippen LogP contribution in [0.2, 0.25) is 0 Å². The fraction of sp³-hybridized carbons (Fsp3) is 0.636. The molecule has 0 amide bonds. The lowest BCUT2D eigenvalue weighted by Crippen LogP contribution is -2.39. The normalized spacial score (nSPS) is 12.9. The fourth-order valence-corrected chi connectivity index (χ4v) is 1.40. The SMILES string of the molecule is CC(C)CCN[C@@H](Cc1c[nH]cn1)C(=O)O. The largest absolute Gasteiger partial charge is 0.480 e. The predicted molar refractivity (Wildman–Crippen MR) is 61.2 cm³/mol. The van der Waals surface area contributed by atoms with Crippen LogP contribution in [0.15, 0.2) is 12.5 Å². The fourth-order valence-electron chi connectivity index (χ4n) is 1.40. The Bertz CT molecular complexity index is 309. The van der Waals surface area contributed by atoms with Crippen molar-refractivity contribution < 1.29 is 9.90 Å². The first kappa shape index (κ1) is 12.7. The van der Waals surface area contributed by atoms with E-state index in [1.165, 1.54) is 0 Å². The summed E-state index contributed by atoms with van der Waals surface area (Å²) in [5.41, 5.74) is 0.768. The van der Waals surface area contributed by atoms with Gasteiger partial charge in [0.05, 0.1) is 12.0 Å². The minimum absolute atomic E-state index is 0.414. The number of aromatic nitrogens is 2. The molecule has 0 aromatic carbocycles. The van der Waals surface area contributed by atoms with Gasteiger partial charge in [0.25, 0.3) is 0 Å². The van der Waals surface area contributed by atoms with Crippen molar-refractivity contribution in [3.05, 3.63) is 18.2 Å². The summed E-state index contributed by atoms with van der Waals surface area (Å²) < 4.78 is 0. The number of imidazole rings is 1. The van der Waals surface area contributed by atoms with E-state index in [9.17, 15) is 4.79 Å². The molecule has 1 aromatic heterocycles. The average Bonchev–Trinajstić information content (AvgIpc) is 2.68. The Balaban J connectivity index is 2.39. The zero-order valence-electron chi connectivity index (χ0n) is 9.73. The maximum atomic E-state index is 11.0. The van der Waals surface area contributed by atoms with Gasteiger partial charge in [0, 0.05) is 12.6 Å². The zero-order valence-corrected chi connectivity index (χ0v) is 9.73.